The summed E-state index contributed by atoms with van der Waals surface area (Å²) in [6, 6.07) is 5.50. The van der Waals surface area contributed by atoms with Crippen LogP contribution in [0.5, 0.6) is 5.88 Å². The molecule has 30 heavy (non-hydrogen) atoms. The second-order valence-corrected chi connectivity index (χ2v) is 7.72. The van der Waals surface area contributed by atoms with Crippen molar-refractivity contribution in [1.29, 1.82) is 5.41 Å². The highest BCUT2D eigenvalue weighted by Crippen LogP contribution is 2.24. The van der Waals surface area contributed by atoms with E-state index in [1.165, 1.54) is 0 Å². The molecular weight excluding hydrogens is 380 g/mol. The first-order chi connectivity index (χ1) is 14.5. The monoisotopic (exact) mass is 408 g/mol. The van der Waals surface area contributed by atoms with Crippen LogP contribution in [0.2, 0.25) is 0 Å². The average molecular weight is 409 g/mol. The molecule has 9 heteroatoms. The molecule has 4 heterocycles. The quantitative estimate of drug-likeness (QED) is 0.626. The molecule has 1 fully saturated rings. The van der Waals surface area contributed by atoms with Crippen LogP contribution in [0, 0.1) is 5.41 Å². The Balaban J connectivity index is 1.54. The molecule has 0 spiro atoms. The number of nitrogens with two attached hydrogens (primary N) is 1. The summed E-state index contributed by atoms with van der Waals surface area (Å²) >= 11 is 0. The van der Waals surface area contributed by atoms with Gasteiger partial charge in [-0.25, -0.2) is 9.97 Å². The van der Waals surface area contributed by atoms with Gasteiger partial charge in [0, 0.05) is 42.9 Å². The Labute approximate surface area is 176 Å². The molecule has 0 radical (unpaired) electrons. The number of anilines is 2. The molecule has 0 bridgehead atoms. The van der Waals surface area contributed by atoms with Gasteiger partial charge in [-0.3, -0.25) is 10.8 Å². The second kappa shape index (κ2) is 8.17. The third kappa shape index (κ3) is 3.87. The molecular formula is C21H28N8O. The molecule has 0 saturated carbocycles. The number of amidine groups is 1. The summed E-state index contributed by atoms with van der Waals surface area (Å²) in [6.45, 7) is 8.51. The van der Waals surface area contributed by atoms with E-state index < -0.39 is 0 Å². The third-order valence-electron chi connectivity index (χ3n) is 5.26. The second-order valence-electron chi connectivity index (χ2n) is 7.72. The molecule has 158 valence electrons. The van der Waals surface area contributed by atoms with E-state index in [9.17, 15) is 0 Å². The molecule has 1 saturated heterocycles. The Kier molecular flexibility index (Phi) is 5.43. The van der Waals surface area contributed by atoms with Gasteiger partial charge >= 0.3 is 0 Å². The van der Waals surface area contributed by atoms with Gasteiger partial charge in [0.15, 0.2) is 0 Å². The molecule has 9 nitrogen and oxygen atoms in total. The van der Waals surface area contributed by atoms with Crippen LogP contribution < -0.4 is 20.8 Å². The Morgan fingerprint density at radius 3 is 2.93 bits per heavy atom. The number of nitrogens with one attached hydrogen (secondary N) is 2. The van der Waals surface area contributed by atoms with Crippen molar-refractivity contribution >= 4 is 23.1 Å². The maximum Gasteiger partial charge on any atom is 0.214 e. The summed E-state index contributed by atoms with van der Waals surface area (Å²) in [5, 5.41) is 13.2. The van der Waals surface area contributed by atoms with Gasteiger partial charge in [-0.2, -0.15) is 5.10 Å². The summed E-state index contributed by atoms with van der Waals surface area (Å²) in [6.07, 6.45) is 4.36. The van der Waals surface area contributed by atoms with Crippen molar-refractivity contribution in [2.75, 3.05) is 30.3 Å². The fourth-order valence-electron chi connectivity index (χ4n) is 3.78. The molecule has 4 rings (SSSR count). The number of nitrogen functional groups attached to an aromatic ring is 1. The Hall–Kier alpha value is -3.36. The predicted octanol–water partition coefficient (Wildman–Crippen LogP) is 2.04. The zero-order valence-electron chi connectivity index (χ0n) is 17.6. The number of nitrogens with zero attached hydrogens (tertiary/aromatic N) is 5. The van der Waals surface area contributed by atoms with E-state index in [2.05, 4.69) is 37.2 Å². The van der Waals surface area contributed by atoms with E-state index in [0.29, 0.717) is 22.8 Å². The number of hydrogen-bond donors (Lipinski definition) is 3. The number of hydrogen-bond acceptors (Lipinski definition) is 9. The minimum absolute atomic E-state index is 0.00393. The van der Waals surface area contributed by atoms with Crippen LogP contribution in [0.25, 0.3) is 0 Å². The van der Waals surface area contributed by atoms with E-state index in [1.807, 2.05) is 26.0 Å². The molecule has 2 aromatic rings. The molecule has 0 aromatic carbocycles. The van der Waals surface area contributed by atoms with E-state index in [4.69, 9.17) is 15.9 Å². The summed E-state index contributed by atoms with van der Waals surface area (Å²) in [5.74, 6) is 2.41. The zero-order valence-corrected chi connectivity index (χ0v) is 17.6. The van der Waals surface area contributed by atoms with Crippen molar-refractivity contribution in [3.05, 3.63) is 41.7 Å². The fourth-order valence-corrected chi connectivity index (χ4v) is 3.78. The first-order valence-corrected chi connectivity index (χ1v) is 10.3. The highest BCUT2D eigenvalue weighted by molar-refractivity contribution is 6.14. The van der Waals surface area contributed by atoms with Crippen LogP contribution in [-0.4, -0.2) is 58.3 Å². The maximum atomic E-state index is 8.72. The Morgan fingerprint density at radius 2 is 2.17 bits per heavy atom. The minimum Gasteiger partial charge on any atom is -0.475 e. The standard InChI is InChI=1S/C21H28N8O/c1-4-17-26-27-19-12-28(7-8-29(17)19)18-9-14(5-6-24-18)21(23)15-10-20(30-13(2)3)25-11-16(15)22/h5-6,9-11,13,19,23,27H,4,7-8,12,22H2,1-3H3. The lowest BCUT2D eigenvalue weighted by Gasteiger charge is -2.39. The van der Waals surface area contributed by atoms with Crippen LogP contribution in [-0.2, 0) is 0 Å². The lowest BCUT2D eigenvalue weighted by atomic mass is 10.0. The van der Waals surface area contributed by atoms with Crippen molar-refractivity contribution in [2.45, 2.75) is 39.5 Å². The molecule has 0 aliphatic carbocycles. The molecule has 1 atom stereocenters. The number of piperazine rings is 1. The van der Waals surface area contributed by atoms with Gasteiger partial charge < -0.3 is 20.3 Å². The largest absolute Gasteiger partial charge is 0.475 e. The molecule has 2 aliphatic heterocycles. The van der Waals surface area contributed by atoms with Gasteiger partial charge in [0.25, 0.3) is 0 Å². The molecule has 4 N–H and O–H groups in total. The fraction of sp³-hybridized carbons (Fsp3) is 0.429. The van der Waals surface area contributed by atoms with Crippen molar-refractivity contribution < 1.29 is 4.74 Å². The maximum absolute atomic E-state index is 8.72. The number of rotatable bonds is 6. The smallest absolute Gasteiger partial charge is 0.214 e. The van der Waals surface area contributed by atoms with Crippen LogP contribution in [0.3, 0.4) is 0 Å². The number of pyridine rings is 2. The third-order valence-corrected chi connectivity index (χ3v) is 5.26. The van der Waals surface area contributed by atoms with Crippen molar-refractivity contribution in [2.24, 2.45) is 5.10 Å². The Bertz CT molecular complexity index is 973. The van der Waals surface area contributed by atoms with Gasteiger partial charge in [-0.1, -0.05) is 6.92 Å². The number of ether oxygens (including phenoxy) is 1. The van der Waals surface area contributed by atoms with Gasteiger partial charge in [-0.15, -0.1) is 0 Å². The van der Waals surface area contributed by atoms with E-state index in [1.54, 1.807) is 18.5 Å². The van der Waals surface area contributed by atoms with Crippen LogP contribution in [0.4, 0.5) is 11.5 Å². The van der Waals surface area contributed by atoms with Crippen molar-refractivity contribution in [1.82, 2.24) is 20.3 Å². The number of aromatic nitrogens is 2. The van der Waals surface area contributed by atoms with E-state index >= 15 is 0 Å². The van der Waals surface area contributed by atoms with E-state index in [-0.39, 0.29) is 12.3 Å². The minimum atomic E-state index is -0.00393. The van der Waals surface area contributed by atoms with Gasteiger partial charge in [0.05, 0.1) is 30.2 Å². The highest BCUT2D eigenvalue weighted by atomic mass is 16.5. The van der Waals surface area contributed by atoms with Crippen LogP contribution >= 0.6 is 0 Å². The van der Waals surface area contributed by atoms with Gasteiger partial charge in [-0.05, 0) is 26.0 Å². The summed E-state index contributed by atoms with van der Waals surface area (Å²) in [7, 11) is 0. The van der Waals surface area contributed by atoms with Gasteiger partial charge in [0.1, 0.15) is 17.8 Å². The number of hydrazone groups is 1. The molecule has 0 amide bonds. The lowest BCUT2D eigenvalue weighted by molar-refractivity contribution is 0.232. The predicted molar refractivity (Wildman–Crippen MR) is 118 cm³/mol. The Morgan fingerprint density at radius 1 is 1.33 bits per heavy atom. The molecule has 1 unspecified atom stereocenters. The first kappa shape index (κ1) is 19.9. The van der Waals surface area contributed by atoms with Crippen LogP contribution in [0.15, 0.2) is 35.7 Å². The summed E-state index contributed by atoms with van der Waals surface area (Å²) < 4.78 is 5.67. The zero-order chi connectivity index (χ0) is 21.3. The van der Waals surface area contributed by atoms with Crippen molar-refractivity contribution in [3.63, 3.8) is 0 Å². The molecule has 2 aliphatic rings. The lowest BCUT2D eigenvalue weighted by Crippen LogP contribution is -2.56. The summed E-state index contributed by atoms with van der Waals surface area (Å²) in [4.78, 5) is 13.3. The molecule has 2 aromatic heterocycles. The summed E-state index contributed by atoms with van der Waals surface area (Å²) in [5.41, 5.74) is 11.4. The SMILES string of the molecule is CCC1=NNC2CN(c3cc(C(=N)c4cc(OC(C)C)ncc4N)ccn3)CCN12. The van der Waals surface area contributed by atoms with Gasteiger partial charge in [0.2, 0.25) is 5.88 Å². The first-order valence-electron chi connectivity index (χ1n) is 10.3. The normalized spacial score (nSPS) is 18.1. The van der Waals surface area contributed by atoms with E-state index in [0.717, 1.165) is 43.3 Å². The van der Waals surface area contributed by atoms with Crippen LogP contribution in [0.1, 0.15) is 38.3 Å². The number of fused-ring (bicyclic) bond motifs is 1. The average Bonchev–Trinajstić information content (AvgIpc) is 3.16. The highest BCUT2D eigenvalue weighted by Gasteiger charge is 2.32. The topological polar surface area (TPSA) is 116 Å². The van der Waals surface area contributed by atoms with Crippen molar-refractivity contribution in [3.8, 4) is 5.88 Å².